The highest BCUT2D eigenvalue weighted by molar-refractivity contribution is 7.85. The largest absolute Gasteiger partial charge is 0.468 e. The van der Waals surface area contributed by atoms with E-state index in [1.807, 2.05) is 49.4 Å². The summed E-state index contributed by atoms with van der Waals surface area (Å²) in [6.45, 7) is 2.01. The molecule has 2 aromatic carbocycles. The number of hydrogen-bond acceptors (Lipinski definition) is 4. The first-order valence-corrected chi connectivity index (χ1v) is 10.3. The van der Waals surface area contributed by atoms with Crippen LogP contribution >= 0.6 is 0 Å². The fourth-order valence-electron chi connectivity index (χ4n) is 3.69. The number of nitrogens with one attached hydrogen (secondary N) is 2. The normalized spacial score (nSPS) is 20.2. The number of aromatic amines is 1. The second-order valence-electron chi connectivity index (χ2n) is 6.89. The zero-order chi connectivity index (χ0) is 19.0. The molecule has 0 saturated carbocycles. The molecule has 5 nitrogen and oxygen atoms in total. The quantitative estimate of drug-likeness (QED) is 0.681. The molecule has 0 radical (unpaired) electrons. The van der Waals surface area contributed by atoms with Crippen LogP contribution < -0.4 is 5.32 Å². The number of fused-ring (bicyclic) bond motifs is 3. The summed E-state index contributed by atoms with van der Waals surface area (Å²) >= 11 is 0. The maximum atomic E-state index is 12.9. The molecule has 1 aliphatic heterocycles. The topological polar surface area (TPSA) is 71.2 Å². The first-order chi connectivity index (χ1) is 13.1. The fourth-order valence-corrected chi connectivity index (χ4v) is 4.89. The third-order valence-corrected chi connectivity index (χ3v) is 6.53. The average molecular weight is 382 g/mol. The molecule has 2 heterocycles. The van der Waals surface area contributed by atoms with Crippen molar-refractivity contribution in [2.75, 3.05) is 12.9 Å². The SMILES string of the molecule is COC(=O)[C@@H]1Cc2c([nH]c3ccccc23)[C@@H](CS(=O)c2ccc(C)cc2)N1. The molecule has 140 valence electrons. The zero-order valence-electron chi connectivity index (χ0n) is 15.3. The Kier molecular flexibility index (Phi) is 4.85. The molecule has 4 rings (SSSR count). The lowest BCUT2D eigenvalue weighted by Crippen LogP contribution is -2.46. The van der Waals surface area contributed by atoms with Gasteiger partial charge < -0.3 is 9.72 Å². The smallest absolute Gasteiger partial charge is 0.323 e. The van der Waals surface area contributed by atoms with Crippen molar-refractivity contribution in [3.8, 4) is 0 Å². The number of hydrogen-bond donors (Lipinski definition) is 2. The van der Waals surface area contributed by atoms with E-state index in [2.05, 4.69) is 16.4 Å². The first-order valence-electron chi connectivity index (χ1n) is 8.95. The summed E-state index contributed by atoms with van der Waals surface area (Å²) < 4.78 is 17.9. The van der Waals surface area contributed by atoms with Gasteiger partial charge in [0.2, 0.25) is 0 Å². The molecule has 2 N–H and O–H groups in total. The molecule has 0 bridgehead atoms. The summed E-state index contributed by atoms with van der Waals surface area (Å²) in [5.74, 6) is 0.0909. The molecule has 3 aromatic rings. The van der Waals surface area contributed by atoms with Crippen molar-refractivity contribution in [3.05, 3.63) is 65.4 Å². The van der Waals surface area contributed by atoms with Crippen LogP contribution in [0.4, 0.5) is 0 Å². The Morgan fingerprint density at radius 3 is 2.67 bits per heavy atom. The van der Waals surface area contributed by atoms with Gasteiger partial charge in [0, 0.05) is 33.7 Å². The second-order valence-corrected chi connectivity index (χ2v) is 8.38. The van der Waals surface area contributed by atoms with Crippen LogP contribution in [0.15, 0.2) is 53.4 Å². The number of esters is 1. The third-order valence-electron chi connectivity index (χ3n) is 5.09. The molecule has 0 spiro atoms. The molecular weight excluding hydrogens is 360 g/mol. The van der Waals surface area contributed by atoms with E-state index in [9.17, 15) is 9.00 Å². The summed E-state index contributed by atoms with van der Waals surface area (Å²) in [5.41, 5.74) is 4.28. The Balaban J connectivity index is 1.69. The molecule has 1 aromatic heterocycles. The summed E-state index contributed by atoms with van der Waals surface area (Å²) in [6, 6.07) is 15.1. The minimum Gasteiger partial charge on any atom is -0.468 e. The molecule has 0 amide bonds. The molecule has 0 fully saturated rings. The van der Waals surface area contributed by atoms with Gasteiger partial charge in [-0.15, -0.1) is 0 Å². The number of carbonyl (C=O) groups excluding carboxylic acids is 1. The Morgan fingerprint density at radius 1 is 1.19 bits per heavy atom. The van der Waals surface area contributed by atoms with Gasteiger partial charge in [-0.05, 0) is 30.7 Å². The summed E-state index contributed by atoms with van der Waals surface area (Å²) in [6.07, 6.45) is 0.555. The predicted octanol–water partition coefficient (Wildman–Crippen LogP) is 3.01. The lowest BCUT2D eigenvalue weighted by Gasteiger charge is -2.29. The maximum absolute atomic E-state index is 12.9. The minimum absolute atomic E-state index is 0.215. The standard InChI is InChI=1S/C21H22N2O3S/c1-13-7-9-14(10-8-13)27(25)12-19-20-16(11-18(22-19)21(24)26-2)15-5-3-4-6-17(15)23-20/h3-10,18-19,22-23H,11-12H2,1-2H3/t18-,19+,27?/m0/s1. The summed E-state index contributed by atoms with van der Waals surface area (Å²) in [5, 5.41) is 4.44. The number of rotatable bonds is 4. The van der Waals surface area contributed by atoms with Crippen LogP contribution in [0, 0.1) is 6.92 Å². The Bertz CT molecular complexity index is 1010. The van der Waals surface area contributed by atoms with Gasteiger partial charge in [-0.25, -0.2) is 0 Å². The van der Waals surface area contributed by atoms with Gasteiger partial charge >= 0.3 is 5.97 Å². The summed E-state index contributed by atoms with van der Waals surface area (Å²) in [4.78, 5) is 16.5. The number of aryl methyl sites for hydroxylation is 1. The predicted molar refractivity (Wildman–Crippen MR) is 106 cm³/mol. The van der Waals surface area contributed by atoms with E-state index in [-0.39, 0.29) is 12.0 Å². The van der Waals surface area contributed by atoms with E-state index in [4.69, 9.17) is 4.74 Å². The number of para-hydroxylation sites is 1. The van der Waals surface area contributed by atoms with Gasteiger partial charge in [-0.3, -0.25) is 14.3 Å². The van der Waals surface area contributed by atoms with Crippen LogP contribution in [-0.2, 0) is 26.8 Å². The highest BCUT2D eigenvalue weighted by Crippen LogP contribution is 2.33. The van der Waals surface area contributed by atoms with E-state index in [0.29, 0.717) is 12.2 Å². The van der Waals surface area contributed by atoms with E-state index < -0.39 is 16.8 Å². The molecular formula is C21H22N2O3S. The lowest BCUT2D eigenvalue weighted by molar-refractivity contribution is -0.143. The molecule has 3 atom stereocenters. The highest BCUT2D eigenvalue weighted by Gasteiger charge is 2.34. The molecule has 27 heavy (non-hydrogen) atoms. The molecule has 0 saturated heterocycles. The Hall–Kier alpha value is -2.44. The number of methoxy groups -OCH3 is 1. The average Bonchev–Trinajstić information content (AvgIpc) is 3.07. The minimum atomic E-state index is -1.18. The Morgan fingerprint density at radius 2 is 1.93 bits per heavy atom. The summed E-state index contributed by atoms with van der Waals surface area (Å²) in [7, 11) is 0.214. The molecule has 1 unspecified atom stereocenters. The number of benzene rings is 2. The van der Waals surface area contributed by atoms with Crippen molar-refractivity contribution in [1.82, 2.24) is 10.3 Å². The molecule has 0 aliphatic carbocycles. The monoisotopic (exact) mass is 382 g/mol. The third kappa shape index (κ3) is 3.42. The zero-order valence-corrected chi connectivity index (χ0v) is 16.1. The van der Waals surface area contributed by atoms with Gasteiger partial charge in [0.05, 0.1) is 24.0 Å². The van der Waals surface area contributed by atoms with Crippen LogP contribution in [0.3, 0.4) is 0 Å². The van der Waals surface area contributed by atoms with Crippen molar-refractivity contribution in [3.63, 3.8) is 0 Å². The van der Waals surface area contributed by atoms with Gasteiger partial charge in [-0.1, -0.05) is 35.9 Å². The highest BCUT2D eigenvalue weighted by atomic mass is 32.2. The van der Waals surface area contributed by atoms with Crippen LogP contribution in [0.5, 0.6) is 0 Å². The van der Waals surface area contributed by atoms with Crippen LogP contribution in [-0.4, -0.2) is 34.1 Å². The van der Waals surface area contributed by atoms with E-state index in [1.165, 1.54) is 7.11 Å². The molecule has 6 heteroatoms. The van der Waals surface area contributed by atoms with E-state index in [1.54, 1.807) is 0 Å². The van der Waals surface area contributed by atoms with Gasteiger partial charge in [0.1, 0.15) is 6.04 Å². The van der Waals surface area contributed by atoms with Crippen LogP contribution in [0.1, 0.15) is 22.9 Å². The fraction of sp³-hybridized carbons (Fsp3) is 0.286. The second kappa shape index (κ2) is 7.29. The van der Waals surface area contributed by atoms with Gasteiger partial charge in [0.15, 0.2) is 0 Å². The number of ether oxygens (including phenoxy) is 1. The van der Waals surface area contributed by atoms with Crippen molar-refractivity contribution < 1.29 is 13.7 Å². The van der Waals surface area contributed by atoms with Crippen LogP contribution in [0.25, 0.3) is 10.9 Å². The van der Waals surface area contributed by atoms with Crippen molar-refractivity contribution in [2.45, 2.75) is 30.3 Å². The molecule has 1 aliphatic rings. The number of carbonyl (C=O) groups is 1. The number of H-pyrrole nitrogens is 1. The maximum Gasteiger partial charge on any atom is 0.323 e. The van der Waals surface area contributed by atoms with Crippen molar-refractivity contribution in [2.24, 2.45) is 0 Å². The van der Waals surface area contributed by atoms with Gasteiger partial charge in [0.25, 0.3) is 0 Å². The number of aromatic nitrogens is 1. The van der Waals surface area contributed by atoms with E-state index >= 15 is 0 Å². The van der Waals surface area contributed by atoms with Gasteiger partial charge in [-0.2, -0.15) is 0 Å². The van der Waals surface area contributed by atoms with Crippen LogP contribution in [0.2, 0.25) is 0 Å². The van der Waals surface area contributed by atoms with E-state index in [0.717, 1.165) is 32.6 Å². The Labute approximate surface area is 160 Å². The lowest BCUT2D eigenvalue weighted by atomic mass is 9.94. The van der Waals surface area contributed by atoms with Crippen molar-refractivity contribution >= 4 is 27.7 Å². The van der Waals surface area contributed by atoms with Crippen molar-refractivity contribution in [1.29, 1.82) is 0 Å². The first kappa shape index (κ1) is 17.9.